The van der Waals surface area contributed by atoms with E-state index in [9.17, 15) is 4.79 Å². The van der Waals surface area contributed by atoms with Gasteiger partial charge in [0.25, 0.3) is 0 Å². The molecular formula is C14H18BrN3O. The molecule has 1 aliphatic carbocycles. The van der Waals surface area contributed by atoms with Crippen molar-refractivity contribution in [3.05, 3.63) is 34.3 Å². The summed E-state index contributed by atoms with van der Waals surface area (Å²) >= 11 is 3.44. The molecule has 1 amide bonds. The molecule has 0 spiro atoms. The zero-order valence-electron chi connectivity index (χ0n) is 10.9. The van der Waals surface area contributed by atoms with Crippen molar-refractivity contribution in [3.63, 3.8) is 0 Å². The molecule has 102 valence electrons. The first-order valence-electron chi connectivity index (χ1n) is 6.67. The molecule has 3 N–H and O–H groups in total. The normalized spacial score (nSPS) is 28.1. The molecule has 1 aromatic rings. The summed E-state index contributed by atoms with van der Waals surface area (Å²) < 4.78 is 1.07. The first-order chi connectivity index (χ1) is 9.11. The van der Waals surface area contributed by atoms with Gasteiger partial charge < -0.3 is 5.32 Å². The summed E-state index contributed by atoms with van der Waals surface area (Å²) in [4.78, 5) is 12.4. The second kappa shape index (κ2) is 4.89. The SMILES string of the molecule is CC1NNCC1C(=O)NC1(c2ccc(Br)cc2)CC1. The molecule has 0 aromatic heterocycles. The van der Waals surface area contributed by atoms with Crippen molar-refractivity contribution < 1.29 is 4.79 Å². The Hall–Kier alpha value is -0.910. The van der Waals surface area contributed by atoms with Crippen LogP contribution >= 0.6 is 15.9 Å². The summed E-state index contributed by atoms with van der Waals surface area (Å²) in [6.07, 6.45) is 2.06. The minimum absolute atomic E-state index is 0.00734. The monoisotopic (exact) mass is 323 g/mol. The Morgan fingerprint density at radius 1 is 1.37 bits per heavy atom. The van der Waals surface area contributed by atoms with Crippen LogP contribution in [0.1, 0.15) is 25.3 Å². The number of nitrogens with one attached hydrogen (secondary N) is 3. The molecule has 1 saturated heterocycles. The zero-order valence-corrected chi connectivity index (χ0v) is 12.5. The summed E-state index contributed by atoms with van der Waals surface area (Å²) in [5.74, 6) is 0.151. The molecule has 0 bridgehead atoms. The van der Waals surface area contributed by atoms with Crippen molar-refractivity contribution in [1.82, 2.24) is 16.2 Å². The van der Waals surface area contributed by atoms with Crippen molar-refractivity contribution in [1.29, 1.82) is 0 Å². The molecule has 3 rings (SSSR count). The van der Waals surface area contributed by atoms with E-state index in [1.807, 2.05) is 19.1 Å². The maximum atomic E-state index is 12.4. The van der Waals surface area contributed by atoms with E-state index < -0.39 is 0 Å². The van der Waals surface area contributed by atoms with E-state index in [0.717, 1.165) is 17.3 Å². The third kappa shape index (κ3) is 2.55. The van der Waals surface area contributed by atoms with Crippen molar-refractivity contribution in [2.45, 2.75) is 31.3 Å². The Kier molecular flexibility index (Phi) is 3.37. The van der Waals surface area contributed by atoms with E-state index in [2.05, 4.69) is 44.2 Å². The third-order valence-corrected chi connectivity index (χ3v) is 4.63. The number of amides is 1. The predicted octanol–water partition coefficient (Wildman–Crippen LogP) is 1.67. The standard InChI is InChI=1S/C14H18BrN3O/c1-9-12(8-16-18-9)13(19)17-14(6-7-14)10-2-4-11(15)5-3-10/h2-5,9,12,16,18H,6-8H2,1H3,(H,17,19). The first-order valence-corrected chi connectivity index (χ1v) is 7.46. The van der Waals surface area contributed by atoms with Crippen molar-refractivity contribution in [3.8, 4) is 0 Å². The first kappa shape index (κ1) is 13.1. The van der Waals surface area contributed by atoms with E-state index in [1.54, 1.807) is 0 Å². The molecule has 1 aliphatic heterocycles. The van der Waals surface area contributed by atoms with Crippen LogP contribution in [0.25, 0.3) is 0 Å². The summed E-state index contributed by atoms with van der Waals surface area (Å²) in [5, 5.41) is 3.24. The van der Waals surface area contributed by atoms with Crippen LogP contribution in [0.3, 0.4) is 0 Å². The number of carbonyl (C=O) groups is 1. The Balaban J connectivity index is 1.72. The lowest BCUT2D eigenvalue weighted by atomic mass is 10.00. The smallest absolute Gasteiger partial charge is 0.226 e. The molecule has 2 atom stereocenters. The molecular weight excluding hydrogens is 306 g/mol. The lowest BCUT2D eigenvalue weighted by molar-refractivity contribution is -0.125. The van der Waals surface area contributed by atoms with Crippen molar-refractivity contribution in [2.24, 2.45) is 5.92 Å². The van der Waals surface area contributed by atoms with Crippen LogP contribution in [-0.4, -0.2) is 18.5 Å². The Bertz CT molecular complexity index is 484. The van der Waals surface area contributed by atoms with Gasteiger partial charge in [0.15, 0.2) is 0 Å². The Labute approximate surface area is 121 Å². The minimum Gasteiger partial charge on any atom is -0.346 e. The number of hydrogen-bond donors (Lipinski definition) is 3. The van der Waals surface area contributed by atoms with Crippen molar-refractivity contribution >= 4 is 21.8 Å². The summed E-state index contributed by atoms with van der Waals surface area (Å²) in [6.45, 7) is 2.73. The highest BCUT2D eigenvalue weighted by molar-refractivity contribution is 9.10. The third-order valence-electron chi connectivity index (χ3n) is 4.10. The highest BCUT2D eigenvalue weighted by Gasteiger charge is 2.47. The van der Waals surface area contributed by atoms with Crippen LogP contribution in [-0.2, 0) is 10.3 Å². The zero-order chi connectivity index (χ0) is 13.5. The van der Waals surface area contributed by atoms with Crippen LogP contribution in [0, 0.1) is 5.92 Å². The molecule has 2 aliphatic rings. The molecule has 1 aromatic carbocycles. The molecule has 19 heavy (non-hydrogen) atoms. The van der Waals surface area contributed by atoms with Gasteiger partial charge in [-0.3, -0.25) is 15.6 Å². The van der Waals surface area contributed by atoms with E-state index in [0.29, 0.717) is 6.54 Å². The highest BCUT2D eigenvalue weighted by atomic mass is 79.9. The van der Waals surface area contributed by atoms with Gasteiger partial charge in [0.2, 0.25) is 5.91 Å². The second-order valence-electron chi connectivity index (χ2n) is 5.50. The van der Waals surface area contributed by atoms with E-state index in [4.69, 9.17) is 0 Å². The Morgan fingerprint density at radius 3 is 2.58 bits per heavy atom. The minimum atomic E-state index is -0.125. The quantitative estimate of drug-likeness (QED) is 0.793. The van der Waals surface area contributed by atoms with E-state index in [1.165, 1.54) is 5.56 Å². The molecule has 0 radical (unpaired) electrons. The predicted molar refractivity (Wildman–Crippen MR) is 77.3 cm³/mol. The van der Waals surface area contributed by atoms with Crippen LogP contribution in [0.4, 0.5) is 0 Å². The maximum absolute atomic E-state index is 12.4. The molecule has 2 fully saturated rings. The van der Waals surface area contributed by atoms with Gasteiger partial charge in [0.1, 0.15) is 0 Å². The number of carbonyl (C=O) groups excluding carboxylic acids is 1. The van der Waals surface area contributed by atoms with E-state index >= 15 is 0 Å². The fourth-order valence-electron chi connectivity index (χ4n) is 2.64. The van der Waals surface area contributed by atoms with Gasteiger partial charge in [0.05, 0.1) is 11.5 Å². The summed E-state index contributed by atoms with van der Waals surface area (Å²) in [7, 11) is 0. The van der Waals surface area contributed by atoms with Gasteiger partial charge in [-0.05, 0) is 37.5 Å². The van der Waals surface area contributed by atoms with Crippen LogP contribution in [0.2, 0.25) is 0 Å². The maximum Gasteiger partial charge on any atom is 0.226 e. The second-order valence-corrected chi connectivity index (χ2v) is 6.41. The van der Waals surface area contributed by atoms with Gasteiger partial charge in [0, 0.05) is 17.1 Å². The Morgan fingerprint density at radius 2 is 2.05 bits per heavy atom. The number of rotatable bonds is 3. The van der Waals surface area contributed by atoms with Crippen LogP contribution in [0.15, 0.2) is 28.7 Å². The van der Waals surface area contributed by atoms with Crippen molar-refractivity contribution in [2.75, 3.05) is 6.54 Å². The number of hydrazine groups is 1. The average Bonchev–Trinajstić information content (AvgIpc) is 3.03. The van der Waals surface area contributed by atoms with Crippen LogP contribution in [0.5, 0.6) is 0 Å². The van der Waals surface area contributed by atoms with Gasteiger partial charge in [-0.2, -0.15) is 0 Å². The summed E-state index contributed by atoms with van der Waals surface area (Å²) in [6, 6.07) is 8.42. The average molecular weight is 324 g/mol. The summed E-state index contributed by atoms with van der Waals surface area (Å²) in [5.41, 5.74) is 7.21. The molecule has 1 saturated carbocycles. The van der Waals surface area contributed by atoms with E-state index in [-0.39, 0.29) is 23.4 Å². The van der Waals surface area contributed by atoms with Gasteiger partial charge in [-0.15, -0.1) is 0 Å². The van der Waals surface area contributed by atoms with Gasteiger partial charge >= 0.3 is 0 Å². The van der Waals surface area contributed by atoms with Gasteiger partial charge in [-0.1, -0.05) is 28.1 Å². The number of benzene rings is 1. The lowest BCUT2D eigenvalue weighted by Gasteiger charge is -2.21. The lowest BCUT2D eigenvalue weighted by Crippen LogP contribution is -2.43. The van der Waals surface area contributed by atoms with Gasteiger partial charge in [-0.25, -0.2) is 0 Å². The number of hydrogen-bond acceptors (Lipinski definition) is 3. The largest absolute Gasteiger partial charge is 0.346 e. The molecule has 5 heteroatoms. The fraction of sp³-hybridized carbons (Fsp3) is 0.500. The molecule has 4 nitrogen and oxygen atoms in total. The fourth-order valence-corrected chi connectivity index (χ4v) is 2.90. The van der Waals surface area contributed by atoms with Crippen LogP contribution < -0.4 is 16.2 Å². The molecule has 2 unspecified atom stereocenters. The highest BCUT2D eigenvalue weighted by Crippen LogP contribution is 2.45. The number of halogens is 1. The topological polar surface area (TPSA) is 53.2 Å². The molecule has 1 heterocycles.